The number of carbonyl (C=O) groups is 2. The summed E-state index contributed by atoms with van der Waals surface area (Å²) >= 11 is 1.60. The standard InChI is InChI=1S/C21H25N3O3S/c1-15-18(28-16(2)22-15)12-19(25)23-10-8-21(9-11-23)14-24(20(26)13-27-21)17-6-4-3-5-7-17/h3-7H,8-14H2,1-2H3. The number of rotatable bonds is 3. The molecule has 0 radical (unpaired) electrons. The number of nitrogens with zero attached hydrogens (tertiary/aromatic N) is 3. The van der Waals surface area contributed by atoms with Crippen molar-refractivity contribution in [1.29, 1.82) is 0 Å². The highest BCUT2D eigenvalue weighted by Gasteiger charge is 2.43. The minimum Gasteiger partial charge on any atom is -0.363 e. The number of ether oxygens (including phenoxy) is 1. The molecule has 2 amide bonds. The number of para-hydroxylation sites is 1. The van der Waals surface area contributed by atoms with Crippen LogP contribution in [-0.2, 0) is 20.7 Å². The van der Waals surface area contributed by atoms with E-state index in [-0.39, 0.29) is 24.0 Å². The molecule has 4 rings (SSSR count). The van der Waals surface area contributed by atoms with E-state index in [1.54, 1.807) is 11.3 Å². The van der Waals surface area contributed by atoms with Crippen molar-refractivity contribution in [3.8, 4) is 0 Å². The Balaban J connectivity index is 1.39. The van der Waals surface area contributed by atoms with Gasteiger partial charge in [-0.3, -0.25) is 9.59 Å². The van der Waals surface area contributed by atoms with Gasteiger partial charge < -0.3 is 14.5 Å². The molecule has 1 aromatic carbocycles. The van der Waals surface area contributed by atoms with Gasteiger partial charge in [0.15, 0.2) is 0 Å². The topological polar surface area (TPSA) is 62.7 Å². The minimum absolute atomic E-state index is 0.00799. The van der Waals surface area contributed by atoms with Gasteiger partial charge in [0.25, 0.3) is 5.91 Å². The highest BCUT2D eigenvalue weighted by Crippen LogP contribution is 2.33. The first kappa shape index (κ1) is 19.1. The first-order valence-corrected chi connectivity index (χ1v) is 10.5. The molecule has 2 aliphatic rings. The van der Waals surface area contributed by atoms with E-state index in [1.807, 2.05) is 54.0 Å². The average Bonchev–Trinajstić information content (AvgIpc) is 3.02. The Labute approximate surface area is 169 Å². The van der Waals surface area contributed by atoms with Crippen molar-refractivity contribution in [2.75, 3.05) is 31.1 Å². The summed E-state index contributed by atoms with van der Waals surface area (Å²) in [6.07, 6.45) is 1.91. The van der Waals surface area contributed by atoms with Crippen molar-refractivity contribution < 1.29 is 14.3 Å². The van der Waals surface area contributed by atoms with Crippen LogP contribution >= 0.6 is 11.3 Å². The molecule has 0 saturated carbocycles. The van der Waals surface area contributed by atoms with Crippen LogP contribution in [0.4, 0.5) is 5.69 Å². The number of hydrogen-bond acceptors (Lipinski definition) is 5. The zero-order chi connectivity index (χ0) is 19.7. The van der Waals surface area contributed by atoms with E-state index >= 15 is 0 Å². The summed E-state index contributed by atoms with van der Waals surface area (Å²) in [5, 5.41) is 0.999. The number of aryl methyl sites for hydroxylation is 2. The van der Waals surface area contributed by atoms with Crippen molar-refractivity contribution in [2.45, 2.75) is 38.7 Å². The van der Waals surface area contributed by atoms with Crippen LogP contribution in [0.5, 0.6) is 0 Å². The van der Waals surface area contributed by atoms with Gasteiger partial charge in [-0.1, -0.05) is 18.2 Å². The molecule has 0 bridgehead atoms. The third-order valence-corrected chi connectivity index (χ3v) is 6.73. The number of carbonyl (C=O) groups excluding carboxylic acids is 2. The molecule has 2 fully saturated rings. The van der Waals surface area contributed by atoms with Crippen LogP contribution in [0.3, 0.4) is 0 Å². The molecule has 1 spiro atoms. The summed E-state index contributed by atoms with van der Waals surface area (Å²) in [6, 6.07) is 9.73. The Kier molecular flexibility index (Phi) is 5.21. The van der Waals surface area contributed by atoms with Crippen LogP contribution in [0.15, 0.2) is 30.3 Å². The smallest absolute Gasteiger partial charge is 0.253 e. The number of hydrogen-bond donors (Lipinski definition) is 0. The van der Waals surface area contributed by atoms with E-state index in [1.165, 1.54) is 0 Å². The Hall–Kier alpha value is -2.25. The number of anilines is 1. The summed E-state index contributed by atoms with van der Waals surface area (Å²) < 4.78 is 6.00. The second-order valence-electron chi connectivity index (χ2n) is 7.59. The zero-order valence-electron chi connectivity index (χ0n) is 16.3. The summed E-state index contributed by atoms with van der Waals surface area (Å²) in [7, 11) is 0. The Morgan fingerprint density at radius 3 is 2.57 bits per heavy atom. The lowest BCUT2D eigenvalue weighted by Crippen LogP contribution is -2.59. The third kappa shape index (κ3) is 3.82. The predicted molar refractivity (Wildman–Crippen MR) is 109 cm³/mol. The van der Waals surface area contributed by atoms with E-state index in [9.17, 15) is 9.59 Å². The van der Waals surface area contributed by atoms with Crippen molar-refractivity contribution in [3.63, 3.8) is 0 Å². The van der Waals surface area contributed by atoms with E-state index in [0.29, 0.717) is 26.1 Å². The second kappa shape index (κ2) is 7.64. The molecule has 2 aliphatic heterocycles. The highest BCUT2D eigenvalue weighted by atomic mass is 32.1. The van der Waals surface area contributed by atoms with Gasteiger partial charge in [0.1, 0.15) is 6.61 Å². The largest absolute Gasteiger partial charge is 0.363 e. The molecule has 0 unspecified atom stereocenters. The summed E-state index contributed by atoms with van der Waals surface area (Å²) in [5.41, 5.74) is 1.50. The van der Waals surface area contributed by atoms with Crippen LogP contribution in [-0.4, -0.2) is 53.5 Å². The monoisotopic (exact) mass is 399 g/mol. The molecule has 0 aliphatic carbocycles. The van der Waals surface area contributed by atoms with Crippen molar-refractivity contribution in [1.82, 2.24) is 9.88 Å². The van der Waals surface area contributed by atoms with E-state index < -0.39 is 0 Å². The van der Waals surface area contributed by atoms with Gasteiger partial charge in [0, 0.05) is 23.7 Å². The molecule has 148 valence electrons. The van der Waals surface area contributed by atoms with Crippen LogP contribution in [0.25, 0.3) is 0 Å². The molecule has 3 heterocycles. The number of amides is 2. The molecule has 2 saturated heterocycles. The number of aromatic nitrogens is 1. The molecular weight excluding hydrogens is 374 g/mol. The molecule has 6 nitrogen and oxygen atoms in total. The Morgan fingerprint density at radius 1 is 1.21 bits per heavy atom. The third-order valence-electron chi connectivity index (χ3n) is 5.66. The number of likely N-dealkylation sites (tertiary alicyclic amines) is 1. The maximum Gasteiger partial charge on any atom is 0.253 e. The van der Waals surface area contributed by atoms with Crippen LogP contribution in [0.2, 0.25) is 0 Å². The summed E-state index contributed by atoms with van der Waals surface area (Å²) in [5.74, 6) is 0.139. The maximum absolute atomic E-state index is 12.7. The SMILES string of the molecule is Cc1nc(C)c(CC(=O)N2CCC3(CC2)CN(c2ccccc2)C(=O)CO3)s1. The van der Waals surface area contributed by atoms with E-state index in [0.717, 1.165) is 34.1 Å². The molecule has 0 atom stereocenters. The van der Waals surface area contributed by atoms with Gasteiger partial charge in [-0.15, -0.1) is 11.3 Å². The fourth-order valence-electron chi connectivity index (χ4n) is 4.01. The van der Waals surface area contributed by atoms with Gasteiger partial charge in [-0.25, -0.2) is 4.98 Å². The van der Waals surface area contributed by atoms with E-state index in [2.05, 4.69) is 4.98 Å². The fourth-order valence-corrected chi connectivity index (χ4v) is 4.94. The van der Waals surface area contributed by atoms with Gasteiger partial charge in [-0.05, 0) is 38.8 Å². The van der Waals surface area contributed by atoms with Crippen LogP contribution in [0, 0.1) is 13.8 Å². The molecule has 2 aromatic rings. The molecular formula is C21H25N3O3S. The fraction of sp³-hybridized carbons (Fsp3) is 0.476. The summed E-state index contributed by atoms with van der Waals surface area (Å²) in [6.45, 7) is 5.89. The lowest BCUT2D eigenvalue weighted by molar-refractivity contribution is -0.150. The zero-order valence-corrected chi connectivity index (χ0v) is 17.1. The first-order chi connectivity index (χ1) is 13.5. The average molecular weight is 400 g/mol. The van der Waals surface area contributed by atoms with Crippen molar-refractivity contribution >= 4 is 28.8 Å². The molecule has 7 heteroatoms. The second-order valence-corrected chi connectivity index (χ2v) is 8.87. The number of piperidine rings is 1. The normalized spacial score (nSPS) is 19.3. The van der Waals surface area contributed by atoms with Crippen molar-refractivity contribution in [2.24, 2.45) is 0 Å². The lowest BCUT2D eigenvalue weighted by Gasteiger charge is -2.47. The Morgan fingerprint density at radius 2 is 1.93 bits per heavy atom. The van der Waals surface area contributed by atoms with Gasteiger partial charge in [-0.2, -0.15) is 0 Å². The minimum atomic E-state index is -0.364. The number of benzene rings is 1. The quantitative estimate of drug-likeness (QED) is 0.796. The van der Waals surface area contributed by atoms with Crippen molar-refractivity contribution in [3.05, 3.63) is 45.9 Å². The molecule has 0 N–H and O–H groups in total. The highest BCUT2D eigenvalue weighted by molar-refractivity contribution is 7.11. The van der Waals surface area contributed by atoms with Crippen LogP contribution < -0.4 is 4.90 Å². The molecule has 28 heavy (non-hydrogen) atoms. The predicted octanol–water partition coefficient (Wildman–Crippen LogP) is 2.73. The van der Waals surface area contributed by atoms with Gasteiger partial charge in [0.2, 0.25) is 5.91 Å². The lowest BCUT2D eigenvalue weighted by atomic mass is 9.89. The van der Waals surface area contributed by atoms with Gasteiger partial charge >= 0.3 is 0 Å². The molecule has 1 aromatic heterocycles. The van der Waals surface area contributed by atoms with E-state index in [4.69, 9.17) is 4.74 Å². The summed E-state index contributed by atoms with van der Waals surface area (Å²) in [4.78, 5) is 34.3. The maximum atomic E-state index is 12.7. The Bertz CT molecular complexity index is 872. The number of morpholine rings is 1. The number of thiazole rings is 1. The first-order valence-electron chi connectivity index (χ1n) is 9.66. The van der Waals surface area contributed by atoms with Crippen LogP contribution in [0.1, 0.15) is 28.4 Å². The van der Waals surface area contributed by atoms with Gasteiger partial charge in [0.05, 0.1) is 29.3 Å².